The molecule has 2 aromatic heterocycles. The summed E-state index contributed by atoms with van der Waals surface area (Å²) in [5.41, 5.74) is 2.17. The van der Waals surface area contributed by atoms with Crippen molar-refractivity contribution in [3.8, 4) is 28.9 Å². The van der Waals surface area contributed by atoms with Crippen molar-refractivity contribution in [2.24, 2.45) is 0 Å². The fraction of sp³-hybridized carbons (Fsp3) is 0.0476. The molecule has 2 heterocycles. The molecule has 0 saturated carbocycles. The maximum absolute atomic E-state index is 13.2. The van der Waals surface area contributed by atoms with Crippen LogP contribution in [0.25, 0.3) is 11.3 Å². The first-order valence-corrected chi connectivity index (χ1v) is 8.62. The summed E-state index contributed by atoms with van der Waals surface area (Å²) in [6.07, 6.45) is 2.96. The van der Waals surface area contributed by atoms with Gasteiger partial charge in [0.15, 0.2) is 0 Å². The van der Waals surface area contributed by atoms with E-state index in [4.69, 9.17) is 9.47 Å². The number of aromatic nitrogens is 4. The smallest absolute Gasteiger partial charge is 0.321 e. The van der Waals surface area contributed by atoms with Gasteiger partial charge in [0, 0.05) is 42.2 Å². The van der Waals surface area contributed by atoms with Crippen molar-refractivity contribution in [3.05, 3.63) is 90.3 Å². The maximum atomic E-state index is 13.2. The van der Waals surface area contributed by atoms with E-state index in [1.165, 1.54) is 12.4 Å². The van der Waals surface area contributed by atoms with E-state index in [1.54, 1.807) is 12.1 Å². The van der Waals surface area contributed by atoms with Crippen LogP contribution in [0.2, 0.25) is 0 Å². The molecule has 8 heteroatoms. The van der Waals surface area contributed by atoms with Crippen LogP contribution in [0.15, 0.2) is 73.1 Å². The molecule has 0 amide bonds. The molecular weight excluding hydrogens is 378 g/mol. The van der Waals surface area contributed by atoms with E-state index in [9.17, 15) is 8.78 Å². The molecule has 0 spiro atoms. The molecule has 2 aromatic carbocycles. The Balaban J connectivity index is 1.40. The standard InChI is InChI=1S/C21H14F2N4O2/c22-16-8-17(23)10-18(9-16)29-21-24-11-15(12-25-21)19-6-7-20(27-26-19)28-13-14-4-2-1-3-5-14/h1-12H,13H2. The average molecular weight is 392 g/mol. The van der Waals surface area contributed by atoms with Gasteiger partial charge in [-0.3, -0.25) is 0 Å². The van der Waals surface area contributed by atoms with Crippen molar-refractivity contribution >= 4 is 0 Å². The van der Waals surface area contributed by atoms with Crippen LogP contribution in [-0.4, -0.2) is 20.2 Å². The van der Waals surface area contributed by atoms with Crippen molar-refractivity contribution in [1.82, 2.24) is 20.2 Å². The molecule has 0 atom stereocenters. The van der Waals surface area contributed by atoms with Gasteiger partial charge in [-0.2, -0.15) is 0 Å². The lowest BCUT2D eigenvalue weighted by Gasteiger charge is -2.06. The number of nitrogens with zero attached hydrogens (tertiary/aromatic N) is 4. The van der Waals surface area contributed by atoms with Crippen LogP contribution >= 0.6 is 0 Å². The second-order valence-corrected chi connectivity index (χ2v) is 5.99. The zero-order valence-electron chi connectivity index (χ0n) is 15.0. The molecule has 0 unspecified atom stereocenters. The largest absolute Gasteiger partial charge is 0.472 e. The topological polar surface area (TPSA) is 70.0 Å². The Morgan fingerprint density at radius 2 is 1.52 bits per heavy atom. The predicted octanol–water partition coefficient (Wildman–Crippen LogP) is 4.58. The number of hydrogen-bond acceptors (Lipinski definition) is 6. The highest BCUT2D eigenvalue weighted by Crippen LogP contribution is 2.22. The van der Waals surface area contributed by atoms with E-state index in [2.05, 4.69) is 20.2 Å². The Kier molecular flexibility index (Phi) is 5.33. The van der Waals surface area contributed by atoms with Crippen molar-refractivity contribution < 1.29 is 18.3 Å². The van der Waals surface area contributed by atoms with Gasteiger partial charge < -0.3 is 9.47 Å². The van der Waals surface area contributed by atoms with E-state index in [0.717, 1.165) is 23.8 Å². The van der Waals surface area contributed by atoms with Gasteiger partial charge in [-0.05, 0) is 11.6 Å². The van der Waals surface area contributed by atoms with E-state index in [0.29, 0.717) is 23.7 Å². The quantitative estimate of drug-likeness (QED) is 0.478. The highest BCUT2D eigenvalue weighted by Gasteiger charge is 2.07. The summed E-state index contributed by atoms with van der Waals surface area (Å²) >= 11 is 0. The maximum Gasteiger partial charge on any atom is 0.321 e. The summed E-state index contributed by atoms with van der Waals surface area (Å²) in [7, 11) is 0. The van der Waals surface area contributed by atoms with Crippen LogP contribution in [0.3, 0.4) is 0 Å². The number of hydrogen-bond donors (Lipinski definition) is 0. The monoisotopic (exact) mass is 392 g/mol. The third-order valence-electron chi connectivity index (χ3n) is 3.84. The summed E-state index contributed by atoms with van der Waals surface area (Å²) in [6, 6.07) is 15.9. The molecule has 0 N–H and O–H groups in total. The third-order valence-corrected chi connectivity index (χ3v) is 3.84. The minimum absolute atomic E-state index is 0.0324. The fourth-order valence-electron chi connectivity index (χ4n) is 2.48. The number of benzene rings is 2. The van der Waals surface area contributed by atoms with Crippen molar-refractivity contribution in [2.75, 3.05) is 0 Å². The van der Waals surface area contributed by atoms with Gasteiger partial charge in [0.25, 0.3) is 0 Å². The first kappa shape index (κ1) is 18.4. The molecule has 144 valence electrons. The van der Waals surface area contributed by atoms with Crippen LogP contribution in [0.5, 0.6) is 17.6 Å². The molecule has 6 nitrogen and oxygen atoms in total. The van der Waals surface area contributed by atoms with Crippen LogP contribution in [0.1, 0.15) is 5.56 Å². The second kappa shape index (κ2) is 8.39. The van der Waals surface area contributed by atoms with E-state index in [1.807, 2.05) is 30.3 Å². The molecular formula is C21H14F2N4O2. The fourth-order valence-corrected chi connectivity index (χ4v) is 2.48. The molecule has 0 aliphatic rings. The molecule has 0 aliphatic heterocycles. The van der Waals surface area contributed by atoms with Crippen molar-refractivity contribution in [2.45, 2.75) is 6.61 Å². The van der Waals surface area contributed by atoms with Crippen molar-refractivity contribution in [3.63, 3.8) is 0 Å². The Hall–Kier alpha value is -3.94. The minimum atomic E-state index is -0.749. The van der Waals surface area contributed by atoms with Gasteiger partial charge in [-0.1, -0.05) is 30.3 Å². The van der Waals surface area contributed by atoms with E-state index >= 15 is 0 Å². The van der Waals surface area contributed by atoms with E-state index < -0.39 is 11.6 Å². The predicted molar refractivity (Wildman–Crippen MR) is 100 cm³/mol. The molecule has 29 heavy (non-hydrogen) atoms. The van der Waals surface area contributed by atoms with Crippen LogP contribution < -0.4 is 9.47 Å². The SMILES string of the molecule is Fc1cc(F)cc(Oc2ncc(-c3ccc(OCc4ccccc4)nn3)cn2)c1. The summed E-state index contributed by atoms with van der Waals surface area (Å²) in [5.74, 6) is -1.13. The van der Waals surface area contributed by atoms with Gasteiger partial charge in [0.05, 0.1) is 5.69 Å². The normalized spacial score (nSPS) is 10.6. The highest BCUT2D eigenvalue weighted by molar-refractivity contribution is 5.56. The average Bonchev–Trinajstić information content (AvgIpc) is 2.73. The second-order valence-electron chi connectivity index (χ2n) is 5.99. The lowest BCUT2D eigenvalue weighted by atomic mass is 10.2. The Bertz CT molecular complexity index is 1070. The van der Waals surface area contributed by atoms with Crippen LogP contribution in [-0.2, 0) is 6.61 Å². The van der Waals surface area contributed by atoms with Gasteiger partial charge in [-0.15, -0.1) is 10.2 Å². The van der Waals surface area contributed by atoms with Crippen LogP contribution in [0.4, 0.5) is 8.78 Å². The number of ether oxygens (including phenoxy) is 2. The van der Waals surface area contributed by atoms with Gasteiger partial charge >= 0.3 is 6.01 Å². The Morgan fingerprint density at radius 1 is 0.793 bits per heavy atom. The first-order chi connectivity index (χ1) is 14.2. The summed E-state index contributed by atoms with van der Waals surface area (Å²) in [6.45, 7) is 0.394. The molecule has 0 bridgehead atoms. The zero-order chi connectivity index (χ0) is 20.1. The Morgan fingerprint density at radius 3 is 2.17 bits per heavy atom. The minimum Gasteiger partial charge on any atom is -0.472 e. The van der Waals surface area contributed by atoms with E-state index in [-0.39, 0.29) is 11.8 Å². The van der Waals surface area contributed by atoms with Gasteiger partial charge in [0.2, 0.25) is 5.88 Å². The summed E-state index contributed by atoms with van der Waals surface area (Å²) < 4.78 is 37.3. The molecule has 0 saturated heterocycles. The number of rotatable bonds is 6. The Labute approximate surface area is 164 Å². The zero-order valence-corrected chi connectivity index (χ0v) is 15.0. The molecule has 0 radical (unpaired) electrons. The van der Waals surface area contributed by atoms with Gasteiger partial charge in [0.1, 0.15) is 24.0 Å². The molecule has 4 rings (SSSR count). The van der Waals surface area contributed by atoms with Gasteiger partial charge in [-0.25, -0.2) is 18.7 Å². The molecule has 4 aromatic rings. The molecule has 0 fully saturated rings. The lowest BCUT2D eigenvalue weighted by molar-refractivity contribution is 0.290. The first-order valence-electron chi connectivity index (χ1n) is 8.62. The molecule has 0 aliphatic carbocycles. The summed E-state index contributed by atoms with van der Waals surface area (Å²) in [5, 5.41) is 8.14. The van der Waals surface area contributed by atoms with Crippen LogP contribution in [0, 0.1) is 11.6 Å². The highest BCUT2D eigenvalue weighted by atomic mass is 19.1. The van der Waals surface area contributed by atoms with Crippen molar-refractivity contribution in [1.29, 1.82) is 0 Å². The third kappa shape index (κ3) is 4.86. The lowest BCUT2D eigenvalue weighted by Crippen LogP contribution is -1.99. The summed E-state index contributed by atoms with van der Waals surface area (Å²) in [4.78, 5) is 8.06. The number of halogens is 2.